The highest BCUT2D eigenvalue weighted by Gasteiger charge is 2.24. The van der Waals surface area contributed by atoms with Gasteiger partial charge in [0, 0.05) is 18.3 Å². The lowest BCUT2D eigenvalue weighted by Crippen LogP contribution is -2.44. The van der Waals surface area contributed by atoms with E-state index in [-0.39, 0.29) is 5.69 Å². The molecule has 2 aromatic rings. The summed E-state index contributed by atoms with van der Waals surface area (Å²) < 4.78 is 12.0. The number of hydrogen-bond acceptors (Lipinski definition) is 7. The van der Waals surface area contributed by atoms with Crippen LogP contribution in [-0.4, -0.2) is 48.5 Å². The van der Waals surface area contributed by atoms with Gasteiger partial charge in [-0.2, -0.15) is 4.39 Å². The summed E-state index contributed by atoms with van der Waals surface area (Å²) in [7, 11) is 0. The highest BCUT2D eigenvalue weighted by atomic mass is 35.5. The van der Waals surface area contributed by atoms with Gasteiger partial charge in [0.05, 0.1) is 17.6 Å². The molecule has 1 heterocycles. The average molecular weight is 453 g/mol. The molecule has 29 heavy (non-hydrogen) atoms. The van der Waals surface area contributed by atoms with Gasteiger partial charge in [-0.1, -0.05) is 23.2 Å². The third-order valence-corrected chi connectivity index (χ3v) is 3.72. The van der Waals surface area contributed by atoms with Gasteiger partial charge >= 0.3 is 5.69 Å². The molecule has 0 radical (unpaired) electrons. The van der Waals surface area contributed by atoms with E-state index in [4.69, 9.17) is 28.3 Å². The fourth-order valence-electron chi connectivity index (χ4n) is 1.89. The highest BCUT2D eigenvalue weighted by Crippen LogP contribution is 2.20. The molecule has 0 aliphatic rings. The minimum atomic E-state index is -1.33. The third kappa shape index (κ3) is 7.62. The van der Waals surface area contributed by atoms with Gasteiger partial charge in [-0.3, -0.25) is 24.7 Å². The van der Waals surface area contributed by atoms with Crippen molar-refractivity contribution in [3.63, 3.8) is 0 Å². The average Bonchev–Trinajstić information content (AvgIpc) is 2.69. The molecular formula is C15H15Cl2FN4O7. The molecular weight excluding hydrogens is 438 g/mol. The first-order valence-electron chi connectivity index (χ1n) is 7.66. The van der Waals surface area contributed by atoms with Crippen molar-refractivity contribution >= 4 is 34.8 Å². The number of aromatic amines is 2. The Morgan fingerprint density at radius 2 is 1.86 bits per heavy atom. The minimum Gasteiger partial charge on any atom is -0.394 e. The normalized spacial score (nSPS) is 12.5. The number of alkyl halides is 2. The Bertz CT molecular complexity index is 949. The zero-order chi connectivity index (χ0) is 22.1. The molecule has 0 saturated carbocycles. The molecule has 158 valence electrons. The number of nitro groups is 1. The number of rotatable bonds is 6. The maximum atomic E-state index is 12.0. The second-order valence-electron chi connectivity index (χ2n) is 5.31. The number of aliphatic hydroxyl groups excluding tert-OH is 2. The van der Waals surface area contributed by atoms with Crippen molar-refractivity contribution in [1.82, 2.24) is 15.3 Å². The topological polar surface area (TPSA) is 178 Å². The Labute approximate surface area is 171 Å². The molecule has 2 atom stereocenters. The lowest BCUT2D eigenvalue weighted by molar-refractivity contribution is -0.384. The van der Waals surface area contributed by atoms with Crippen molar-refractivity contribution in [2.45, 2.75) is 17.0 Å². The molecule has 1 amide bonds. The van der Waals surface area contributed by atoms with Crippen LogP contribution in [0, 0.1) is 15.9 Å². The number of non-ortho nitro benzene ring substituents is 1. The quantitative estimate of drug-likeness (QED) is 0.234. The molecule has 0 fully saturated rings. The Morgan fingerprint density at radius 3 is 2.28 bits per heavy atom. The maximum absolute atomic E-state index is 12.0. The number of aliphatic hydroxyl groups is 2. The van der Waals surface area contributed by atoms with E-state index >= 15 is 0 Å². The fraction of sp³-hybridized carbons (Fsp3) is 0.267. The lowest BCUT2D eigenvalue weighted by Gasteiger charge is -2.22. The lowest BCUT2D eigenvalue weighted by atomic mass is 10.0. The van der Waals surface area contributed by atoms with Gasteiger partial charge in [-0.05, 0) is 17.7 Å². The first-order valence-corrected chi connectivity index (χ1v) is 8.53. The number of carbonyl (C=O) groups excluding carboxylic acids is 1. The Kier molecular flexibility index (Phi) is 9.41. The number of nitro benzene ring substituents is 1. The van der Waals surface area contributed by atoms with E-state index in [2.05, 4.69) is 5.32 Å². The van der Waals surface area contributed by atoms with Gasteiger partial charge in [0.25, 0.3) is 17.2 Å². The molecule has 1 aromatic heterocycles. The molecule has 0 bridgehead atoms. The maximum Gasteiger partial charge on any atom is 0.325 e. The predicted molar refractivity (Wildman–Crippen MR) is 100 cm³/mol. The number of benzene rings is 1. The number of H-pyrrole nitrogens is 2. The molecule has 11 nitrogen and oxygen atoms in total. The standard InChI is InChI=1S/C11H12Cl2N2O5.C4H3FN2O2/c12-10(13)11(18)14-8(5-16)9(17)6-1-3-7(4-2-6)15(19)20;5-2-1-6-4(9)7-3(2)8/h1-4,8-10,16-17H,5H2,(H,14,18);1H,(H2,6,7,8,9)/t8-,9-;/m0./s1. The zero-order valence-corrected chi connectivity index (χ0v) is 15.9. The largest absolute Gasteiger partial charge is 0.394 e. The van der Waals surface area contributed by atoms with Crippen LogP contribution in [0.25, 0.3) is 0 Å². The number of nitrogens with one attached hydrogen (secondary N) is 3. The van der Waals surface area contributed by atoms with Crippen molar-refractivity contribution < 1.29 is 24.3 Å². The van der Waals surface area contributed by atoms with Crippen molar-refractivity contribution in [2.24, 2.45) is 0 Å². The van der Waals surface area contributed by atoms with E-state index in [0.29, 0.717) is 11.8 Å². The van der Waals surface area contributed by atoms with Crippen LogP contribution in [0.5, 0.6) is 0 Å². The second-order valence-corrected chi connectivity index (χ2v) is 6.41. The van der Waals surface area contributed by atoms with Gasteiger partial charge in [-0.15, -0.1) is 0 Å². The van der Waals surface area contributed by atoms with E-state index in [1.807, 2.05) is 4.98 Å². The van der Waals surface area contributed by atoms with Gasteiger partial charge in [0.15, 0.2) is 4.84 Å². The van der Waals surface area contributed by atoms with Gasteiger partial charge in [0.1, 0.15) is 6.10 Å². The van der Waals surface area contributed by atoms with E-state index in [9.17, 15) is 34.0 Å². The van der Waals surface area contributed by atoms with Crippen LogP contribution in [0.3, 0.4) is 0 Å². The van der Waals surface area contributed by atoms with Crippen LogP contribution in [0.1, 0.15) is 11.7 Å². The van der Waals surface area contributed by atoms with E-state index in [1.54, 1.807) is 4.98 Å². The molecule has 14 heteroatoms. The summed E-state index contributed by atoms with van der Waals surface area (Å²) in [5.41, 5.74) is -1.54. The second kappa shape index (κ2) is 11.3. The summed E-state index contributed by atoms with van der Waals surface area (Å²) in [4.78, 5) is 43.9. The van der Waals surface area contributed by atoms with Crippen LogP contribution < -0.4 is 16.6 Å². The summed E-state index contributed by atoms with van der Waals surface area (Å²) >= 11 is 10.7. The number of nitrogens with zero attached hydrogens (tertiary/aromatic N) is 1. The number of aromatic nitrogens is 2. The monoisotopic (exact) mass is 452 g/mol. The van der Waals surface area contributed by atoms with Crippen LogP contribution in [0.2, 0.25) is 0 Å². The molecule has 0 aliphatic heterocycles. The number of carbonyl (C=O) groups is 1. The summed E-state index contributed by atoms with van der Waals surface area (Å²) in [6.07, 6.45) is -0.543. The van der Waals surface area contributed by atoms with Crippen molar-refractivity contribution in [3.05, 3.63) is 72.8 Å². The molecule has 0 unspecified atom stereocenters. The van der Waals surface area contributed by atoms with Gasteiger partial charge in [0.2, 0.25) is 5.82 Å². The van der Waals surface area contributed by atoms with Crippen LogP contribution in [0.4, 0.5) is 10.1 Å². The molecule has 1 aromatic carbocycles. The van der Waals surface area contributed by atoms with Crippen LogP contribution in [-0.2, 0) is 4.79 Å². The first kappa shape index (κ1) is 24.2. The van der Waals surface area contributed by atoms with E-state index in [1.165, 1.54) is 24.3 Å². The summed E-state index contributed by atoms with van der Waals surface area (Å²) in [6, 6.07) is 4.05. The van der Waals surface area contributed by atoms with Crippen LogP contribution in [0.15, 0.2) is 40.1 Å². The van der Waals surface area contributed by atoms with Crippen molar-refractivity contribution in [2.75, 3.05) is 6.61 Å². The Hall–Kier alpha value is -2.80. The van der Waals surface area contributed by atoms with E-state index < -0.39 is 51.5 Å². The van der Waals surface area contributed by atoms with Gasteiger partial charge in [-0.25, -0.2) is 4.79 Å². The number of hydrogen-bond donors (Lipinski definition) is 5. The highest BCUT2D eigenvalue weighted by molar-refractivity contribution is 6.53. The zero-order valence-electron chi connectivity index (χ0n) is 14.3. The Balaban J connectivity index is 0.000000387. The van der Waals surface area contributed by atoms with Crippen LogP contribution >= 0.6 is 23.2 Å². The summed E-state index contributed by atoms with van der Waals surface area (Å²) in [6.45, 7) is -0.551. The fourth-order valence-corrected chi connectivity index (χ4v) is 2.02. The number of halogens is 3. The summed E-state index contributed by atoms with van der Waals surface area (Å²) in [5, 5.41) is 31.9. The molecule has 2 rings (SSSR count). The smallest absolute Gasteiger partial charge is 0.325 e. The third-order valence-electron chi connectivity index (χ3n) is 3.32. The number of amides is 1. The Morgan fingerprint density at radius 1 is 1.28 bits per heavy atom. The van der Waals surface area contributed by atoms with Crippen molar-refractivity contribution in [3.8, 4) is 0 Å². The molecule has 0 saturated heterocycles. The molecule has 0 aliphatic carbocycles. The van der Waals surface area contributed by atoms with Crippen molar-refractivity contribution in [1.29, 1.82) is 0 Å². The predicted octanol–water partition coefficient (Wildman–Crippen LogP) is 0.111. The van der Waals surface area contributed by atoms with Gasteiger partial charge < -0.3 is 20.5 Å². The van der Waals surface area contributed by atoms with E-state index in [0.717, 1.165) is 0 Å². The SMILES string of the molecule is O=C(N[C@@H](CO)[C@@H](O)c1ccc([N+](=O)[O-])cc1)C(Cl)Cl.O=c1[nH]cc(F)c(=O)[nH]1. The molecule has 5 N–H and O–H groups in total. The minimum absolute atomic E-state index is 0.132. The summed E-state index contributed by atoms with van der Waals surface area (Å²) in [5.74, 6) is -1.75. The first-order chi connectivity index (χ1) is 13.6. The molecule has 0 spiro atoms.